The number of aromatic nitrogens is 2. The van der Waals surface area contributed by atoms with Crippen molar-refractivity contribution < 1.29 is 6.16 Å². The van der Waals surface area contributed by atoms with Crippen LogP contribution in [0.3, 0.4) is 0 Å². The number of nitrogens with two attached hydrogens (primary N) is 1. The van der Waals surface area contributed by atoms with Crippen LogP contribution >= 0.6 is 0 Å². The number of benzene rings is 2. The fourth-order valence-corrected chi connectivity index (χ4v) is 4.50. The Morgan fingerprint density at radius 3 is 2.19 bits per heavy atom. The number of morpholine rings is 1. The summed E-state index contributed by atoms with van der Waals surface area (Å²) >= 11 is 0. The largest absolute Gasteiger partial charge is 0.404 e. The van der Waals surface area contributed by atoms with Crippen LogP contribution in [0.1, 0.15) is 89.3 Å². The van der Waals surface area contributed by atoms with Gasteiger partial charge in [0.25, 0.3) is 5.95 Å². The van der Waals surface area contributed by atoms with Gasteiger partial charge in [0.1, 0.15) is 5.82 Å². The molecule has 232 valence electrons. The number of nitrogens with zero attached hydrogens (tertiary/aromatic N) is 4. The molecule has 2 N–H and O–H groups in total. The molecule has 0 amide bonds. The van der Waals surface area contributed by atoms with E-state index in [2.05, 4.69) is 86.6 Å². The van der Waals surface area contributed by atoms with E-state index in [0.717, 1.165) is 63.6 Å². The average molecular weight is 584 g/mol. The molecule has 5 rings (SSSR count). The Hall–Kier alpha value is -4.03. The van der Waals surface area contributed by atoms with Gasteiger partial charge in [0.2, 0.25) is 0 Å². The number of hydrogen-bond donors (Lipinski definition) is 1. The summed E-state index contributed by atoms with van der Waals surface area (Å²) in [6, 6.07) is 16.6. The Kier molecular flexibility index (Phi) is 15.1. The molecular formula is C37H53N5O. The second-order valence-electron chi connectivity index (χ2n) is 9.86. The standard InChI is InChI=1S/C29H29N5O.C4H10.2C2H6.H2/c1-19-6-4-8-22(14-19)24(17-30)18-31-29-32-26-16-25(23-9-5-7-20(2)15-23)21(3)27(26)28(33-29)34-10-12-35-13-11-34;1-3-4-2;2*1-2;/h4-9,14-18H,3,10-13,30H2,1-2H3;3-4H2,1-2H3;2*1-2H3;1H/b24-17+,31-18+;;;;. The van der Waals surface area contributed by atoms with Gasteiger partial charge in [0, 0.05) is 32.5 Å². The number of rotatable bonds is 6. The number of unbranched alkanes of at least 4 members (excludes halogenated alkanes) is 1. The number of aliphatic imine (C=N–C) groups is 1. The normalized spacial score (nSPS) is 14.0. The Bertz CT molecular complexity index is 1420. The number of fused-ring (bicyclic) bond motifs is 1. The summed E-state index contributed by atoms with van der Waals surface area (Å²) in [4.78, 5) is 16.6. The predicted molar refractivity (Wildman–Crippen MR) is 190 cm³/mol. The van der Waals surface area contributed by atoms with Crippen LogP contribution < -0.4 is 10.6 Å². The first-order valence-corrected chi connectivity index (χ1v) is 15.7. The lowest BCUT2D eigenvalue weighted by Gasteiger charge is -2.29. The first-order valence-electron chi connectivity index (χ1n) is 15.7. The van der Waals surface area contributed by atoms with Crippen LogP contribution in [0.4, 0.5) is 11.8 Å². The molecule has 2 heterocycles. The molecule has 0 bridgehead atoms. The van der Waals surface area contributed by atoms with Crippen molar-refractivity contribution in [3.63, 3.8) is 0 Å². The van der Waals surface area contributed by atoms with E-state index >= 15 is 0 Å². The number of allylic oxidation sites excluding steroid dienone is 3. The summed E-state index contributed by atoms with van der Waals surface area (Å²) in [6.07, 6.45) is 8.03. The first-order chi connectivity index (χ1) is 20.9. The molecule has 1 aliphatic heterocycles. The van der Waals surface area contributed by atoms with Crippen molar-refractivity contribution in [2.24, 2.45) is 10.7 Å². The maximum Gasteiger partial charge on any atom is 0.251 e. The highest BCUT2D eigenvalue weighted by atomic mass is 16.5. The molecule has 1 saturated heterocycles. The van der Waals surface area contributed by atoms with Crippen LogP contribution in [0.5, 0.6) is 0 Å². The van der Waals surface area contributed by atoms with Gasteiger partial charge >= 0.3 is 0 Å². The van der Waals surface area contributed by atoms with Crippen molar-refractivity contribution in [2.75, 3.05) is 31.2 Å². The molecule has 0 radical (unpaired) electrons. The highest BCUT2D eigenvalue weighted by Crippen LogP contribution is 2.44. The summed E-state index contributed by atoms with van der Waals surface area (Å²) in [5.74, 6) is 1.25. The molecule has 0 spiro atoms. The van der Waals surface area contributed by atoms with Gasteiger partial charge < -0.3 is 15.4 Å². The van der Waals surface area contributed by atoms with Crippen molar-refractivity contribution in [3.8, 4) is 0 Å². The lowest BCUT2D eigenvalue weighted by atomic mass is 9.98. The monoisotopic (exact) mass is 583 g/mol. The minimum absolute atomic E-state index is 0. The molecule has 2 aromatic carbocycles. The van der Waals surface area contributed by atoms with Crippen LogP contribution in [0.2, 0.25) is 0 Å². The zero-order valence-electron chi connectivity index (χ0n) is 27.6. The van der Waals surface area contributed by atoms with E-state index in [0.29, 0.717) is 19.2 Å². The van der Waals surface area contributed by atoms with Crippen molar-refractivity contribution >= 4 is 40.8 Å². The molecule has 2 aliphatic rings. The third kappa shape index (κ3) is 9.48. The van der Waals surface area contributed by atoms with Gasteiger partial charge in [0.15, 0.2) is 0 Å². The molecule has 0 unspecified atom stereocenters. The van der Waals surface area contributed by atoms with Gasteiger partial charge in [-0.15, -0.1) is 0 Å². The molecule has 0 atom stereocenters. The van der Waals surface area contributed by atoms with Crippen LogP contribution in [-0.2, 0) is 4.74 Å². The summed E-state index contributed by atoms with van der Waals surface area (Å²) in [7, 11) is 0. The Labute approximate surface area is 261 Å². The molecule has 6 nitrogen and oxygen atoms in total. The van der Waals surface area contributed by atoms with Crippen molar-refractivity contribution in [2.45, 2.75) is 68.2 Å². The molecule has 43 heavy (non-hydrogen) atoms. The Morgan fingerprint density at radius 2 is 1.60 bits per heavy atom. The fraction of sp³-hybridized carbons (Fsp3) is 0.378. The number of hydrogen-bond acceptors (Lipinski definition) is 6. The molecule has 6 heteroatoms. The number of aryl methyl sites for hydroxylation is 2. The van der Waals surface area contributed by atoms with Gasteiger partial charge in [-0.05, 0) is 42.2 Å². The van der Waals surface area contributed by atoms with Crippen molar-refractivity contribution in [3.05, 3.63) is 94.8 Å². The molecule has 0 saturated carbocycles. The second-order valence-corrected chi connectivity index (χ2v) is 9.86. The zero-order chi connectivity index (χ0) is 31.8. The fourth-order valence-electron chi connectivity index (χ4n) is 4.50. The number of ether oxygens (including phenoxy) is 1. The van der Waals surface area contributed by atoms with Crippen molar-refractivity contribution in [1.82, 2.24) is 9.97 Å². The average Bonchev–Trinajstić information content (AvgIpc) is 3.39. The number of anilines is 1. The predicted octanol–water partition coefficient (Wildman–Crippen LogP) is 9.30. The Morgan fingerprint density at radius 1 is 0.977 bits per heavy atom. The van der Waals surface area contributed by atoms with E-state index in [1.165, 1.54) is 18.4 Å². The Balaban J connectivity index is 0.000000980. The van der Waals surface area contributed by atoms with Gasteiger partial charge in [0.05, 0.1) is 24.5 Å². The summed E-state index contributed by atoms with van der Waals surface area (Å²) in [5, 5.41) is 0. The lowest BCUT2D eigenvalue weighted by Crippen LogP contribution is -2.37. The van der Waals surface area contributed by atoms with E-state index in [4.69, 9.17) is 20.4 Å². The van der Waals surface area contributed by atoms with E-state index in [1.807, 2.05) is 39.8 Å². The lowest BCUT2D eigenvalue weighted by molar-refractivity contribution is 0.122. The van der Waals surface area contributed by atoms with Crippen LogP contribution in [-0.4, -0.2) is 42.5 Å². The minimum Gasteiger partial charge on any atom is -0.404 e. The maximum atomic E-state index is 5.93. The molecule has 1 aliphatic carbocycles. The van der Waals surface area contributed by atoms with E-state index in [-0.39, 0.29) is 1.43 Å². The van der Waals surface area contributed by atoms with Crippen molar-refractivity contribution in [1.29, 1.82) is 0 Å². The topological polar surface area (TPSA) is 76.6 Å². The third-order valence-electron chi connectivity index (χ3n) is 6.80. The SMILES string of the molecule is C=C1C(c2cccc(C)c2)=Cc2nc(/N=C/C(=C\N)c3cccc(C)c3)nc(N3CCOCC3)c21.CC.CC.CCCC.[HH]. The highest BCUT2D eigenvalue weighted by molar-refractivity contribution is 6.18. The summed E-state index contributed by atoms with van der Waals surface area (Å²) in [5.41, 5.74) is 15.0. The first kappa shape index (κ1) is 35.2. The second kappa shape index (κ2) is 18.5. The molecule has 1 aromatic heterocycles. The summed E-state index contributed by atoms with van der Waals surface area (Å²) < 4.78 is 5.58. The van der Waals surface area contributed by atoms with Crippen LogP contribution in [0.25, 0.3) is 22.8 Å². The third-order valence-corrected chi connectivity index (χ3v) is 6.80. The van der Waals surface area contributed by atoms with Gasteiger partial charge in [-0.1, -0.05) is 121 Å². The molecule has 3 aromatic rings. The molecular weight excluding hydrogens is 530 g/mol. The minimum atomic E-state index is 0. The molecule has 1 fully saturated rings. The van der Waals surface area contributed by atoms with Gasteiger partial charge in [-0.2, -0.15) is 4.98 Å². The van der Waals surface area contributed by atoms with Crippen LogP contribution in [0.15, 0.2) is 66.3 Å². The van der Waals surface area contributed by atoms with E-state index < -0.39 is 0 Å². The van der Waals surface area contributed by atoms with Crippen LogP contribution in [0, 0.1) is 13.8 Å². The van der Waals surface area contributed by atoms with Gasteiger partial charge in [-0.3, -0.25) is 0 Å². The summed E-state index contributed by atoms with van der Waals surface area (Å²) in [6.45, 7) is 23.8. The smallest absolute Gasteiger partial charge is 0.251 e. The van der Waals surface area contributed by atoms with E-state index in [9.17, 15) is 0 Å². The van der Waals surface area contributed by atoms with E-state index in [1.54, 1.807) is 12.4 Å². The quantitative estimate of drug-likeness (QED) is 0.293. The maximum absolute atomic E-state index is 5.93. The highest BCUT2D eigenvalue weighted by Gasteiger charge is 2.28. The zero-order valence-corrected chi connectivity index (χ0v) is 27.6. The van der Waals surface area contributed by atoms with Gasteiger partial charge in [-0.25, -0.2) is 9.98 Å².